The van der Waals surface area contributed by atoms with Gasteiger partial charge >= 0.3 is 5.69 Å². The Morgan fingerprint density at radius 1 is 1.18 bits per heavy atom. The van der Waals surface area contributed by atoms with Crippen LogP contribution in [0.3, 0.4) is 0 Å². The van der Waals surface area contributed by atoms with E-state index in [-0.39, 0.29) is 11.5 Å². The molecular weight excluding hydrogens is 244 g/mol. The zero-order valence-corrected chi connectivity index (χ0v) is 9.26. The zero-order chi connectivity index (χ0) is 12.3. The first-order valence-electron chi connectivity index (χ1n) is 4.65. The van der Waals surface area contributed by atoms with Gasteiger partial charge in [0.2, 0.25) is 5.82 Å². The average Bonchev–Trinajstić information content (AvgIpc) is 2.32. The predicted molar refractivity (Wildman–Crippen MR) is 63.4 cm³/mol. The molecule has 0 bridgehead atoms. The molecule has 86 valence electrons. The molecule has 0 aliphatic rings. The van der Waals surface area contributed by atoms with E-state index in [1.54, 1.807) is 12.1 Å². The Labute approximate surface area is 101 Å². The van der Waals surface area contributed by atoms with Crippen LogP contribution in [0.5, 0.6) is 0 Å². The van der Waals surface area contributed by atoms with Gasteiger partial charge < -0.3 is 5.32 Å². The number of anilines is 2. The van der Waals surface area contributed by atoms with E-state index < -0.39 is 4.92 Å². The minimum atomic E-state index is -0.522. The largest absolute Gasteiger partial charge is 0.318 e. The second kappa shape index (κ2) is 4.75. The van der Waals surface area contributed by atoms with E-state index in [1.807, 2.05) is 0 Å². The Balaban J connectivity index is 2.37. The van der Waals surface area contributed by atoms with Crippen LogP contribution >= 0.6 is 11.6 Å². The van der Waals surface area contributed by atoms with Crippen molar-refractivity contribution in [1.29, 1.82) is 0 Å². The normalized spacial score (nSPS) is 9.94. The first-order valence-corrected chi connectivity index (χ1v) is 5.03. The molecule has 2 aromatic heterocycles. The van der Waals surface area contributed by atoms with Crippen molar-refractivity contribution in [2.75, 3.05) is 5.32 Å². The molecule has 7 heteroatoms. The van der Waals surface area contributed by atoms with Gasteiger partial charge in [-0.3, -0.25) is 10.1 Å². The fourth-order valence-corrected chi connectivity index (χ4v) is 1.40. The third-order valence-corrected chi connectivity index (χ3v) is 2.28. The van der Waals surface area contributed by atoms with Gasteiger partial charge in [-0.2, -0.15) is 0 Å². The summed E-state index contributed by atoms with van der Waals surface area (Å²) in [6.07, 6.45) is 2.98. The van der Waals surface area contributed by atoms with Gasteiger partial charge in [0.1, 0.15) is 5.82 Å². The molecule has 2 aromatic rings. The third kappa shape index (κ3) is 2.48. The fourth-order valence-electron chi connectivity index (χ4n) is 1.23. The van der Waals surface area contributed by atoms with Crippen LogP contribution in [0.15, 0.2) is 36.7 Å². The van der Waals surface area contributed by atoms with Gasteiger partial charge in [0.15, 0.2) is 0 Å². The molecule has 0 radical (unpaired) electrons. The van der Waals surface area contributed by atoms with Crippen molar-refractivity contribution in [3.8, 4) is 0 Å². The number of nitrogens with zero attached hydrogens (tertiary/aromatic N) is 3. The summed E-state index contributed by atoms with van der Waals surface area (Å²) in [6.45, 7) is 0. The molecule has 0 unspecified atom stereocenters. The van der Waals surface area contributed by atoms with E-state index in [1.165, 1.54) is 24.5 Å². The molecule has 2 rings (SSSR count). The highest BCUT2D eigenvalue weighted by Gasteiger charge is 2.15. The minimum Gasteiger partial charge on any atom is -0.318 e. The van der Waals surface area contributed by atoms with E-state index in [4.69, 9.17) is 11.6 Å². The Morgan fingerprint density at radius 3 is 2.47 bits per heavy atom. The summed E-state index contributed by atoms with van der Waals surface area (Å²) in [5, 5.41) is 13.9. The first kappa shape index (κ1) is 11.3. The molecule has 0 aromatic carbocycles. The molecular formula is C10H7ClN4O2. The maximum Gasteiger partial charge on any atom is 0.311 e. The van der Waals surface area contributed by atoms with Crippen LogP contribution < -0.4 is 5.32 Å². The van der Waals surface area contributed by atoms with Gasteiger partial charge in [0.25, 0.3) is 0 Å². The average molecular weight is 251 g/mol. The number of aromatic nitrogens is 2. The minimum absolute atomic E-state index is 0.109. The van der Waals surface area contributed by atoms with E-state index in [0.29, 0.717) is 10.8 Å². The smallest absolute Gasteiger partial charge is 0.311 e. The number of nitro groups is 1. The quantitative estimate of drug-likeness (QED) is 0.669. The SMILES string of the molecule is O=[N+]([O-])c1cccnc1Nc1ncccc1Cl. The second-order valence-electron chi connectivity index (χ2n) is 3.09. The maximum atomic E-state index is 10.8. The summed E-state index contributed by atoms with van der Waals surface area (Å²) in [6, 6.07) is 6.14. The lowest BCUT2D eigenvalue weighted by molar-refractivity contribution is -0.384. The zero-order valence-electron chi connectivity index (χ0n) is 8.50. The van der Waals surface area contributed by atoms with Crippen molar-refractivity contribution < 1.29 is 4.92 Å². The van der Waals surface area contributed by atoms with Gasteiger partial charge in [0.05, 0.1) is 9.95 Å². The lowest BCUT2D eigenvalue weighted by Crippen LogP contribution is -2.00. The lowest BCUT2D eigenvalue weighted by atomic mass is 10.4. The second-order valence-corrected chi connectivity index (χ2v) is 3.49. The molecule has 0 aliphatic heterocycles. The van der Waals surface area contributed by atoms with Crippen molar-refractivity contribution in [3.63, 3.8) is 0 Å². The molecule has 0 atom stereocenters. The predicted octanol–water partition coefficient (Wildman–Crippen LogP) is 2.78. The van der Waals surface area contributed by atoms with Gasteiger partial charge in [-0.15, -0.1) is 0 Å². The van der Waals surface area contributed by atoms with E-state index >= 15 is 0 Å². The van der Waals surface area contributed by atoms with Crippen molar-refractivity contribution in [2.24, 2.45) is 0 Å². The molecule has 0 saturated carbocycles. The first-order chi connectivity index (χ1) is 8.18. The molecule has 6 nitrogen and oxygen atoms in total. The summed E-state index contributed by atoms with van der Waals surface area (Å²) in [4.78, 5) is 18.1. The molecule has 0 fully saturated rings. The molecule has 0 spiro atoms. The Morgan fingerprint density at radius 2 is 1.82 bits per heavy atom. The summed E-state index contributed by atoms with van der Waals surface area (Å²) in [7, 11) is 0. The van der Waals surface area contributed by atoms with Gasteiger partial charge in [-0.1, -0.05) is 11.6 Å². The number of hydrogen-bond acceptors (Lipinski definition) is 5. The number of rotatable bonds is 3. The molecule has 17 heavy (non-hydrogen) atoms. The molecule has 2 heterocycles. The van der Waals surface area contributed by atoms with Crippen molar-refractivity contribution in [3.05, 3.63) is 51.8 Å². The highest BCUT2D eigenvalue weighted by molar-refractivity contribution is 6.33. The van der Waals surface area contributed by atoms with Crippen molar-refractivity contribution >= 4 is 28.9 Å². The highest BCUT2D eigenvalue weighted by atomic mass is 35.5. The van der Waals surface area contributed by atoms with Gasteiger partial charge in [-0.25, -0.2) is 9.97 Å². The van der Waals surface area contributed by atoms with Crippen LogP contribution in [-0.4, -0.2) is 14.9 Å². The molecule has 1 N–H and O–H groups in total. The van der Waals surface area contributed by atoms with Crippen molar-refractivity contribution in [1.82, 2.24) is 9.97 Å². The lowest BCUT2D eigenvalue weighted by Gasteiger charge is -2.05. The third-order valence-electron chi connectivity index (χ3n) is 1.98. The fraction of sp³-hybridized carbons (Fsp3) is 0. The van der Waals surface area contributed by atoms with Gasteiger partial charge in [0, 0.05) is 18.5 Å². The standard InChI is InChI=1S/C10H7ClN4O2/c11-7-3-1-5-12-9(7)14-10-8(15(16)17)4-2-6-13-10/h1-6H,(H,12,13,14). The Hall–Kier alpha value is -2.21. The maximum absolute atomic E-state index is 10.8. The van der Waals surface area contributed by atoms with Crippen LogP contribution in [0.2, 0.25) is 5.02 Å². The van der Waals surface area contributed by atoms with E-state index in [9.17, 15) is 10.1 Å². The number of hydrogen-bond donors (Lipinski definition) is 1. The summed E-state index contributed by atoms with van der Waals surface area (Å²) in [5.41, 5.74) is -0.130. The Bertz CT molecular complexity index is 562. The summed E-state index contributed by atoms with van der Waals surface area (Å²) in [5.74, 6) is 0.439. The molecule has 0 saturated heterocycles. The van der Waals surface area contributed by atoms with Crippen LogP contribution in [0.25, 0.3) is 0 Å². The van der Waals surface area contributed by atoms with Crippen LogP contribution in [0.4, 0.5) is 17.3 Å². The topological polar surface area (TPSA) is 81.0 Å². The van der Waals surface area contributed by atoms with Crippen LogP contribution in [0, 0.1) is 10.1 Å². The van der Waals surface area contributed by atoms with E-state index in [0.717, 1.165) is 0 Å². The number of nitrogens with one attached hydrogen (secondary N) is 1. The highest BCUT2D eigenvalue weighted by Crippen LogP contribution is 2.26. The van der Waals surface area contributed by atoms with Gasteiger partial charge in [-0.05, 0) is 18.2 Å². The van der Waals surface area contributed by atoms with Crippen LogP contribution in [-0.2, 0) is 0 Å². The summed E-state index contributed by atoms with van der Waals surface area (Å²) >= 11 is 5.88. The Kier molecular flexibility index (Phi) is 3.15. The van der Waals surface area contributed by atoms with Crippen molar-refractivity contribution in [2.45, 2.75) is 0 Å². The number of halogens is 1. The molecule has 0 amide bonds. The molecule has 0 aliphatic carbocycles. The summed E-state index contributed by atoms with van der Waals surface area (Å²) < 4.78 is 0. The number of pyridine rings is 2. The van der Waals surface area contributed by atoms with Crippen LogP contribution in [0.1, 0.15) is 0 Å². The monoisotopic (exact) mass is 250 g/mol. The van der Waals surface area contributed by atoms with E-state index in [2.05, 4.69) is 15.3 Å².